The van der Waals surface area contributed by atoms with Crippen LogP contribution in [-0.2, 0) is 21.9 Å². The van der Waals surface area contributed by atoms with Gasteiger partial charge < -0.3 is 14.1 Å². The molecule has 174 valence electrons. The summed E-state index contributed by atoms with van der Waals surface area (Å²) >= 11 is 1.12. The molecule has 0 fully saturated rings. The van der Waals surface area contributed by atoms with Gasteiger partial charge in [-0.15, -0.1) is 17.9 Å². The minimum atomic E-state index is -3.97. The maximum Gasteiger partial charge on any atom is 0.419 e. The van der Waals surface area contributed by atoms with Crippen molar-refractivity contribution in [3.63, 3.8) is 0 Å². The van der Waals surface area contributed by atoms with Gasteiger partial charge in [-0.2, -0.15) is 0 Å². The highest BCUT2D eigenvalue weighted by molar-refractivity contribution is 7.93. The van der Waals surface area contributed by atoms with Gasteiger partial charge in [0.2, 0.25) is 0 Å². The zero-order chi connectivity index (χ0) is 24.0. The first-order valence-corrected chi connectivity index (χ1v) is 12.4. The van der Waals surface area contributed by atoms with Crippen LogP contribution in [0.25, 0.3) is 22.4 Å². The van der Waals surface area contributed by atoms with Gasteiger partial charge in [-0.1, -0.05) is 6.08 Å². The first-order chi connectivity index (χ1) is 16.3. The number of sulfonamides is 1. The molecular weight excluding hydrogens is 480 g/mol. The number of amides is 1. The average molecular weight is 499 g/mol. The Balaban J connectivity index is 1.43. The van der Waals surface area contributed by atoms with Crippen LogP contribution in [0.2, 0.25) is 0 Å². The van der Waals surface area contributed by atoms with E-state index in [9.17, 15) is 18.0 Å². The zero-order valence-corrected chi connectivity index (χ0v) is 19.5. The van der Waals surface area contributed by atoms with Gasteiger partial charge in [0.05, 0.1) is 21.8 Å². The van der Waals surface area contributed by atoms with E-state index >= 15 is 0 Å². The van der Waals surface area contributed by atoms with Crippen molar-refractivity contribution < 1.29 is 22.4 Å². The Labute approximate surface area is 197 Å². The Hall–Kier alpha value is -3.90. The number of oxazole rings is 1. The van der Waals surface area contributed by atoms with E-state index in [0.29, 0.717) is 34.8 Å². The summed E-state index contributed by atoms with van der Waals surface area (Å²) in [5, 5.41) is 1.88. The number of thiazole rings is 1. The van der Waals surface area contributed by atoms with Gasteiger partial charge in [0, 0.05) is 30.6 Å². The lowest BCUT2D eigenvalue weighted by atomic mass is 10.1. The van der Waals surface area contributed by atoms with Crippen LogP contribution in [0.5, 0.6) is 5.75 Å². The summed E-state index contributed by atoms with van der Waals surface area (Å²) in [4.78, 5) is 29.8. The summed E-state index contributed by atoms with van der Waals surface area (Å²) in [5.74, 6) is -0.183. The van der Waals surface area contributed by atoms with E-state index in [0.717, 1.165) is 11.3 Å². The van der Waals surface area contributed by atoms with Gasteiger partial charge in [-0.25, -0.2) is 18.2 Å². The standard InChI is InChI=1S/C22H18N4O6S2/c1-3-8-26-17-9-13(4-7-18(17)31-11-20(26)27)15-12-33-21(23-15)24-34(29,30)14-5-6-16-19(10-14)32-22(28)25(16)2/h3-7,9-10,12H,1,8,11H2,2H3,(H,23,24). The topological polar surface area (TPSA) is 124 Å². The number of rotatable bonds is 6. The van der Waals surface area contributed by atoms with Crippen LogP contribution in [0.1, 0.15) is 0 Å². The number of carbonyl (C=O) groups excluding carboxylic acids is 1. The van der Waals surface area contributed by atoms with E-state index in [1.54, 1.807) is 34.6 Å². The minimum absolute atomic E-state index is 0.0407. The molecule has 3 heterocycles. The smallest absolute Gasteiger partial charge is 0.419 e. The maximum absolute atomic E-state index is 12.9. The molecular formula is C22H18N4O6S2. The highest BCUT2D eigenvalue weighted by atomic mass is 32.2. The molecule has 10 nitrogen and oxygen atoms in total. The predicted octanol–water partition coefficient (Wildman–Crippen LogP) is 2.97. The fraction of sp³-hybridized carbons (Fsp3) is 0.136. The van der Waals surface area contributed by atoms with Crippen molar-refractivity contribution in [2.45, 2.75) is 4.90 Å². The largest absolute Gasteiger partial charge is 0.482 e. The lowest BCUT2D eigenvalue weighted by Gasteiger charge is -2.28. The summed E-state index contributed by atoms with van der Waals surface area (Å²) < 4.78 is 40.1. The van der Waals surface area contributed by atoms with Crippen molar-refractivity contribution in [3.05, 3.63) is 65.0 Å². The van der Waals surface area contributed by atoms with E-state index in [1.807, 2.05) is 0 Å². The van der Waals surface area contributed by atoms with Gasteiger partial charge in [0.1, 0.15) is 5.75 Å². The molecule has 0 spiro atoms. The van der Waals surface area contributed by atoms with E-state index in [-0.39, 0.29) is 28.1 Å². The number of hydrogen-bond donors (Lipinski definition) is 1. The van der Waals surface area contributed by atoms with Gasteiger partial charge >= 0.3 is 5.76 Å². The first-order valence-electron chi connectivity index (χ1n) is 10.0. The number of aromatic nitrogens is 2. The molecule has 0 bridgehead atoms. The summed E-state index contributed by atoms with van der Waals surface area (Å²) in [6, 6.07) is 9.51. The van der Waals surface area contributed by atoms with Gasteiger partial charge in [-0.3, -0.25) is 14.1 Å². The van der Waals surface area contributed by atoms with Gasteiger partial charge in [0.25, 0.3) is 15.9 Å². The molecule has 2 aromatic heterocycles. The Morgan fingerprint density at radius 1 is 1.24 bits per heavy atom. The molecule has 12 heteroatoms. The normalized spacial score (nSPS) is 13.6. The van der Waals surface area contributed by atoms with E-state index in [1.165, 1.54) is 29.8 Å². The molecule has 0 aliphatic carbocycles. The summed E-state index contributed by atoms with van der Waals surface area (Å²) in [6.07, 6.45) is 1.63. The number of aryl methyl sites for hydroxylation is 1. The molecule has 1 N–H and O–H groups in total. The van der Waals surface area contributed by atoms with Gasteiger partial charge in [0.15, 0.2) is 17.3 Å². The number of nitrogens with zero attached hydrogens (tertiary/aromatic N) is 3. The predicted molar refractivity (Wildman–Crippen MR) is 128 cm³/mol. The van der Waals surface area contributed by atoms with E-state index < -0.39 is 15.8 Å². The Kier molecular flexibility index (Phi) is 5.25. The third-order valence-corrected chi connectivity index (χ3v) is 7.53. The van der Waals surface area contributed by atoms with Crippen LogP contribution >= 0.6 is 11.3 Å². The lowest BCUT2D eigenvalue weighted by Crippen LogP contribution is -2.38. The number of nitrogens with one attached hydrogen (secondary N) is 1. The van der Waals surface area contributed by atoms with E-state index in [2.05, 4.69) is 16.3 Å². The molecule has 1 aliphatic rings. The number of ether oxygens (including phenoxy) is 1. The SMILES string of the molecule is C=CCN1C(=O)COc2ccc(-c3csc(NS(=O)(=O)c4ccc5c(c4)oc(=O)n5C)n3)cc21. The van der Waals surface area contributed by atoms with Crippen molar-refractivity contribution in [2.24, 2.45) is 7.05 Å². The number of hydrogen-bond acceptors (Lipinski definition) is 8. The third kappa shape index (κ3) is 3.76. The van der Waals surface area contributed by atoms with Crippen molar-refractivity contribution in [2.75, 3.05) is 22.8 Å². The molecule has 0 saturated carbocycles. The molecule has 1 amide bonds. The third-order valence-electron chi connectivity index (χ3n) is 5.31. The molecule has 1 aliphatic heterocycles. The van der Waals surface area contributed by atoms with Crippen molar-refractivity contribution >= 4 is 49.2 Å². The van der Waals surface area contributed by atoms with Gasteiger partial charge in [-0.05, 0) is 30.3 Å². The Morgan fingerprint density at radius 3 is 2.85 bits per heavy atom. The first kappa shape index (κ1) is 21.9. The summed E-state index contributed by atoms with van der Waals surface area (Å²) in [6.45, 7) is 3.99. The highest BCUT2D eigenvalue weighted by Crippen LogP contribution is 2.37. The average Bonchev–Trinajstić information content (AvgIpc) is 3.39. The Morgan fingerprint density at radius 2 is 2.06 bits per heavy atom. The number of anilines is 2. The fourth-order valence-electron chi connectivity index (χ4n) is 3.60. The molecule has 5 rings (SSSR count). The van der Waals surface area contributed by atoms with Crippen LogP contribution in [0.15, 0.2) is 68.5 Å². The minimum Gasteiger partial charge on any atom is -0.482 e. The molecule has 0 saturated heterocycles. The fourth-order valence-corrected chi connectivity index (χ4v) is 5.59. The number of benzene rings is 2. The highest BCUT2D eigenvalue weighted by Gasteiger charge is 2.25. The molecule has 0 atom stereocenters. The van der Waals surface area contributed by atoms with Crippen LogP contribution in [-0.4, -0.2) is 37.0 Å². The van der Waals surface area contributed by atoms with Crippen molar-refractivity contribution in [3.8, 4) is 17.0 Å². The lowest BCUT2D eigenvalue weighted by molar-refractivity contribution is -0.121. The molecule has 0 radical (unpaired) electrons. The number of fused-ring (bicyclic) bond motifs is 2. The molecule has 34 heavy (non-hydrogen) atoms. The molecule has 0 unspecified atom stereocenters. The van der Waals surface area contributed by atoms with Crippen LogP contribution in [0.4, 0.5) is 10.8 Å². The summed E-state index contributed by atoms with van der Waals surface area (Å²) in [5.41, 5.74) is 2.49. The Bertz CT molecular complexity index is 1620. The van der Waals surface area contributed by atoms with Crippen LogP contribution in [0, 0.1) is 0 Å². The number of carbonyl (C=O) groups is 1. The van der Waals surface area contributed by atoms with Crippen molar-refractivity contribution in [1.29, 1.82) is 0 Å². The maximum atomic E-state index is 12.9. The molecule has 4 aromatic rings. The molecule has 2 aromatic carbocycles. The zero-order valence-electron chi connectivity index (χ0n) is 17.8. The quantitative estimate of drug-likeness (QED) is 0.405. The van der Waals surface area contributed by atoms with Crippen LogP contribution < -0.4 is 20.1 Å². The second kappa shape index (κ2) is 8.15. The second-order valence-corrected chi connectivity index (χ2v) is 10.0. The van der Waals surface area contributed by atoms with Crippen molar-refractivity contribution in [1.82, 2.24) is 9.55 Å². The summed E-state index contributed by atoms with van der Waals surface area (Å²) in [7, 11) is -2.43. The monoisotopic (exact) mass is 498 g/mol. The van der Waals surface area contributed by atoms with Crippen LogP contribution in [0.3, 0.4) is 0 Å². The van der Waals surface area contributed by atoms with E-state index in [4.69, 9.17) is 9.15 Å². The second-order valence-electron chi connectivity index (χ2n) is 7.46.